The Labute approximate surface area is 92.2 Å². The lowest BCUT2D eigenvalue weighted by molar-refractivity contribution is -0.141. The Kier molecular flexibility index (Phi) is 2.90. The molecule has 0 aromatic heterocycles. The van der Waals surface area contributed by atoms with E-state index in [1.165, 1.54) is 0 Å². The van der Waals surface area contributed by atoms with Gasteiger partial charge in [0.05, 0.1) is 6.04 Å². The van der Waals surface area contributed by atoms with Crippen molar-refractivity contribution < 1.29 is 9.90 Å². The van der Waals surface area contributed by atoms with Gasteiger partial charge in [0.2, 0.25) is 0 Å². The van der Waals surface area contributed by atoms with E-state index in [4.69, 9.17) is 16.7 Å². The van der Waals surface area contributed by atoms with Gasteiger partial charge in [-0.2, -0.15) is 0 Å². The van der Waals surface area contributed by atoms with E-state index in [1.54, 1.807) is 0 Å². The Morgan fingerprint density at radius 1 is 1.27 bits per heavy atom. The summed E-state index contributed by atoms with van der Waals surface area (Å²) in [6.45, 7) is 0. The monoisotopic (exact) mass is 226 g/mol. The van der Waals surface area contributed by atoms with Gasteiger partial charge in [0.15, 0.2) is 0 Å². The van der Waals surface area contributed by atoms with E-state index in [2.05, 4.69) is 10.9 Å². The van der Waals surface area contributed by atoms with Crippen molar-refractivity contribution in [3.8, 4) is 0 Å². The van der Waals surface area contributed by atoms with Gasteiger partial charge in [-0.3, -0.25) is 4.79 Å². The molecule has 1 aliphatic heterocycles. The molecule has 4 nitrogen and oxygen atoms in total. The first-order valence-electron chi connectivity index (χ1n) is 4.63. The second-order valence-electron chi connectivity index (χ2n) is 3.44. The van der Waals surface area contributed by atoms with Crippen LogP contribution in [-0.2, 0) is 4.79 Å². The number of alkyl halides is 1. The number of rotatable bonds is 2. The molecule has 2 rings (SSSR count). The van der Waals surface area contributed by atoms with Crippen molar-refractivity contribution in [2.24, 2.45) is 5.92 Å². The Balaban J connectivity index is 2.26. The fourth-order valence-electron chi connectivity index (χ4n) is 1.74. The van der Waals surface area contributed by atoms with Gasteiger partial charge in [-0.1, -0.05) is 30.3 Å². The van der Waals surface area contributed by atoms with Gasteiger partial charge in [-0.05, 0) is 5.56 Å². The molecular weight excluding hydrogens is 216 g/mol. The van der Waals surface area contributed by atoms with Crippen LogP contribution in [0.5, 0.6) is 0 Å². The van der Waals surface area contributed by atoms with Gasteiger partial charge in [0, 0.05) is 0 Å². The average molecular weight is 227 g/mol. The standard InChI is InChI=1S/C10H11ClN2O2/c11-9-7(10(14)15)8(12-13-9)6-4-2-1-3-5-6/h1-5,7-9,12-13H,(H,14,15). The first kappa shape index (κ1) is 10.4. The Bertz CT molecular complexity index is 358. The number of benzene rings is 1. The molecule has 1 aromatic rings. The number of halogens is 1. The minimum atomic E-state index is -0.902. The fraction of sp³-hybridized carbons (Fsp3) is 0.300. The van der Waals surface area contributed by atoms with E-state index in [0.29, 0.717) is 0 Å². The molecule has 0 amide bonds. The zero-order valence-electron chi connectivity index (χ0n) is 7.85. The van der Waals surface area contributed by atoms with Crippen LogP contribution in [0, 0.1) is 5.92 Å². The van der Waals surface area contributed by atoms with Gasteiger partial charge in [-0.25, -0.2) is 10.9 Å². The molecular formula is C10H11ClN2O2. The van der Waals surface area contributed by atoms with E-state index in [-0.39, 0.29) is 6.04 Å². The topological polar surface area (TPSA) is 61.4 Å². The lowest BCUT2D eigenvalue weighted by Gasteiger charge is -2.15. The minimum Gasteiger partial charge on any atom is -0.481 e. The van der Waals surface area contributed by atoms with Crippen molar-refractivity contribution in [2.75, 3.05) is 0 Å². The molecule has 1 aromatic carbocycles. The summed E-state index contributed by atoms with van der Waals surface area (Å²) >= 11 is 5.86. The maximum atomic E-state index is 11.0. The third-order valence-corrected chi connectivity index (χ3v) is 2.88. The quantitative estimate of drug-likeness (QED) is 0.522. The minimum absolute atomic E-state index is 0.286. The molecule has 0 radical (unpaired) electrons. The van der Waals surface area contributed by atoms with Gasteiger partial charge in [-0.15, -0.1) is 11.6 Å². The van der Waals surface area contributed by atoms with E-state index in [1.807, 2.05) is 30.3 Å². The summed E-state index contributed by atoms with van der Waals surface area (Å²) in [5.41, 5.74) is 5.95. The summed E-state index contributed by atoms with van der Waals surface area (Å²) in [6, 6.07) is 9.11. The highest BCUT2D eigenvalue weighted by molar-refractivity contribution is 6.21. The number of hydrogen-bond acceptors (Lipinski definition) is 3. The van der Waals surface area contributed by atoms with Gasteiger partial charge in [0.25, 0.3) is 0 Å². The fourth-order valence-corrected chi connectivity index (χ4v) is 2.05. The molecule has 0 saturated carbocycles. The first-order valence-corrected chi connectivity index (χ1v) is 5.06. The van der Waals surface area contributed by atoms with Crippen LogP contribution in [-0.4, -0.2) is 16.6 Å². The van der Waals surface area contributed by atoms with Crippen LogP contribution in [0.25, 0.3) is 0 Å². The third-order valence-electron chi connectivity index (χ3n) is 2.49. The summed E-state index contributed by atoms with van der Waals surface area (Å²) in [7, 11) is 0. The summed E-state index contributed by atoms with van der Waals surface area (Å²) in [5, 5.41) is 9.05. The van der Waals surface area contributed by atoms with Crippen molar-refractivity contribution in [3.63, 3.8) is 0 Å². The molecule has 5 heteroatoms. The van der Waals surface area contributed by atoms with E-state index < -0.39 is 17.4 Å². The number of carboxylic acid groups (broad SMARTS) is 1. The second-order valence-corrected chi connectivity index (χ2v) is 3.91. The van der Waals surface area contributed by atoms with Crippen molar-refractivity contribution in [2.45, 2.75) is 11.5 Å². The predicted octanol–water partition coefficient (Wildman–Crippen LogP) is 1.10. The van der Waals surface area contributed by atoms with E-state index >= 15 is 0 Å². The summed E-state index contributed by atoms with van der Waals surface area (Å²) in [5.74, 6) is -1.56. The number of carboxylic acids is 1. The summed E-state index contributed by atoms with van der Waals surface area (Å²) in [4.78, 5) is 11.0. The summed E-state index contributed by atoms with van der Waals surface area (Å²) < 4.78 is 0. The zero-order chi connectivity index (χ0) is 10.8. The molecule has 1 fully saturated rings. The number of nitrogens with one attached hydrogen (secondary N) is 2. The van der Waals surface area contributed by atoms with Crippen molar-refractivity contribution >= 4 is 17.6 Å². The van der Waals surface area contributed by atoms with E-state index in [0.717, 1.165) is 5.56 Å². The van der Waals surface area contributed by atoms with Crippen LogP contribution in [0.4, 0.5) is 0 Å². The van der Waals surface area contributed by atoms with Crippen LogP contribution in [0.15, 0.2) is 30.3 Å². The normalized spacial score (nSPS) is 30.3. The van der Waals surface area contributed by atoms with Crippen LogP contribution < -0.4 is 10.9 Å². The third kappa shape index (κ3) is 1.97. The van der Waals surface area contributed by atoms with Crippen molar-refractivity contribution in [3.05, 3.63) is 35.9 Å². The number of carbonyl (C=O) groups is 1. The molecule has 0 spiro atoms. The summed E-state index contributed by atoms with van der Waals surface area (Å²) in [6.07, 6.45) is 0. The Hall–Kier alpha value is -1.10. The highest BCUT2D eigenvalue weighted by atomic mass is 35.5. The number of aliphatic carboxylic acids is 1. The highest BCUT2D eigenvalue weighted by Crippen LogP contribution is 2.30. The lowest BCUT2D eigenvalue weighted by Crippen LogP contribution is -2.28. The molecule has 80 valence electrons. The predicted molar refractivity (Wildman–Crippen MR) is 56.2 cm³/mol. The molecule has 1 aliphatic rings. The molecule has 0 bridgehead atoms. The Morgan fingerprint density at radius 3 is 2.53 bits per heavy atom. The number of hydrazine groups is 1. The lowest BCUT2D eigenvalue weighted by atomic mass is 9.95. The first-order chi connectivity index (χ1) is 7.20. The van der Waals surface area contributed by atoms with Crippen LogP contribution >= 0.6 is 11.6 Å². The number of hydrogen-bond donors (Lipinski definition) is 3. The average Bonchev–Trinajstić information content (AvgIpc) is 2.61. The molecule has 3 atom stereocenters. The maximum absolute atomic E-state index is 11.0. The molecule has 1 heterocycles. The smallest absolute Gasteiger partial charge is 0.311 e. The van der Waals surface area contributed by atoms with E-state index in [9.17, 15) is 4.79 Å². The van der Waals surface area contributed by atoms with Crippen molar-refractivity contribution in [1.82, 2.24) is 10.9 Å². The van der Waals surface area contributed by atoms with Gasteiger partial charge >= 0.3 is 5.97 Å². The molecule has 1 saturated heterocycles. The molecule has 3 N–H and O–H groups in total. The SMILES string of the molecule is O=C(O)C1C(Cl)NNC1c1ccccc1. The second kappa shape index (κ2) is 4.18. The zero-order valence-corrected chi connectivity index (χ0v) is 8.61. The molecule has 0 aliphatic carbocycles. The van der Waals surface area contributed by atoms with Crippen LogP contribution in [0.2, 0.25) is 0 Å². The molecule has 15 heavy (non-hydrogen) atoms. The highest BCUT2D eigenvalue weighted by Gasteiger charge is 2.40. The van der Waals surface area contributed by atoms with Crippen LogP contribution in [0.3, 0.4) is 0 Å². The van der Waals surface area contributed by atoms with Crippen LogP contribution in [0.1, 0.15) is 11.6 Å². The maximum Gasteiger partial charge on any atom is 0.311 e. The van der Waals surface area contributed by atoms with Gasteiger partial charge in [0.1, 0.15) is 11.4 Å². The molecule has 3 unspecified atom stereocenters. The Morgan fingerprint density at radius 2 is 1.93 bits per heavy atom. The van der Waals surface area contributed by atoms with Gasteiger partial charge < -0.3 is 5.11 Å². The largest absolute Gasteiger partial charge is 0.481 e. The van der Waals surface area contributed by atoms with Crippen molar-refractivity contribution in [1.29, 1.82) is 0 Å².